The number of benzene rings is 1. The van der Waals surface area contributed by atoms with Gasteiger partial charge in [-0.2, -0.15) is 10.2 Å². The molecule has 1 aromatic carbocycles. The maximum Gasteiger partial charge on any atom is 0.153 e. The molecule has 0 radical (unpaired) electrons. The van der Waals surface area contributed by atoms with Crippen molar-refractivity contribution in [2.75, 3.05) is 0 Å². The molecule has 4 aromatic heterocycles. The van der Waals surface area contributed by atoms with E-state index in [0.29, 0.717) is 17.0 Å². The number of hydrogen-bond acceptors (Lipinski definition) is 4. The van der Waals surface area contributed by atoms with Crippen LogP contribution < -0.4 is 0 Å². The summed E-state index contributed by atoms with van der Waals surface area (Å²) in [5.41, 5.74) is 2.99. The number of aryl methyl sites for hydroxylation is 1. The first-order valence-electron chi connectivity index (χ1n) is 8.64. The van der Waals surface area contributed by atoms with Crippen molar-refractivity contribution in [3.63, 3.8) is 0 Å². The van der Waals surface area contributed by atoms with E-state index in [0.717, 1.165) is 5.56 Å². The zero-order valence-corrected chi connectivity index (χ0v) is 14.8. The van der Waals surface area contributed by atoms with Gasteiger partial charge in [-0.15, -0.1) is 0 Å². The van der Waals surface area contributed by atoms with E-state index < -0.39 is 11.6 Å². The summed E-state index contributed by atoms with van der Waals surface area (Å²) in [4.78, 5) is 8.32. The first-order chi connectivity index (χ1) is 13.6. The lowest BCUT2D eigenvalue weighted by Gasteiger charge is -2.08. The fourth-order valence-corrected chi connectivity index (χ4v) is 3.28. The summed E-state index contributed by atoms with van der Waals surface area (Å²) in [7, 11) is 1.82. The number of pyridine rings is 1. The highest BCUT2D eigenvalue weighted by Gasteiger charge is 2.17. The standard InChI is InChI=1S/C20H14F2N6/c1-27-11-12(9-25-27)17-4-5-19-24-10-13(28(19)26-17)7-15-16(21)8-18-14(20(15)22)3-2-6-23-18/h2-6,8-11H,7H2,1H3. The molecule has 0 N–H and O–H groups in total. The second-order valence-electron chi connectivity index (χ2n) is 6.54. The fourth-order valence-electron chi connectivity index (χ4n) is 3.28. The topological polar surface area (TPSA) is 60.9 Å². The van der Waals surface area contributed by atoms with Gasteiger partial charge in [-0.3, -0.25) is 9.67 Å². The minimum Gasteiger partial charge on any atom is -0.275 e. The van der Waals surface area contributed by atoms with Crippen molar-refractivity contribution >= 4 is 16.6 Å². The Morgan fingerprint density at radius 3 is 2.79 bits per heavy atom. The highest BCUT2D eigenvalue weighted by Crippen LogP contribution is 2.25. The average molecular weight is 376 g/mol. The van der Waals surface area contributed by atoms with Gasteiger partial charge in [0.2, 0.25) is 0 Å². The van der Waals surface area contributed by atoms with E-state index >= 15 is 0 Å². The number of aromatic nitrogens is 6. The Morgan fingerprint density at radius 2 is 1.96 bits per heavy atom. The maximum atomic E-state index is 14.9. The summed E-state index contributed by atoms with van der Waals surface area (Å²) in [5, 5.41) is 9.02. The third kappa shape index (κ3) is 2.61. The van der Waals surface area contributed by atoms with Crippen LogP contribution in [0, 0.1) is 11.6 Å². The van der Waals surface area contributed by atoms with Crippen LogP contribution in [0.3, 0.4) is 0 Å². The number of fused-ring (bicyclic) bond motifs is 2. The van der Waals surface area contributed by atoms with E-state index in [1.165, 1.54) is 12.3 Å². The number of halogens is 2. The average Bonchev–Trinajstić information content (AvgIpc) is 3.31. The lowest BCUT2D eigenvalue weighted by Crippen LogP contribution is -2.04. The smallest absolute Gasteiger partial charge is 0.153 e. The molecule has 5 aromatic rings. The predicted molar refractivity (Wildman–Crippen MR) is 99.7 cm³/mol. The Balaban J connectivity index is 1.61. The summed E-state index contributed by atoms with van der Waals surface area (Å²) < 4.78 is 32.8. The van der Waals surface area contributed by atoms with Crippen LogP contribution in [0.2, 0.25) is 0 Å². The van der Waals surface area contributed by atoms with Crippen molar-refractivity contribution in [1.29, 1.82) is 0 Å². The fraction of sp³-hybridized carbons (Fsp3) is 0.100. The van der Waals surface area contributed by atoms with Crippen LogP contribution in [-0.4, -0.2) is 29.4 Å². The molecule has 5 rings (SSSR count). The molecular weight excluding hydrogens is 362 g/mol. The van der Waals surface area contributed by atoms with Gasteiger partial charge in [0.15, 0.2) is 5.65 Å². The van der Waals surface area contributed by atoms with E-state index in [1.807, 2.05) is 25.4 Å². The molecule has 8 heteroatoms. The van der Waals surface area contributed by atoms with Crippen LogP contribution in [0.5, 0.6) is 0 Å². The molecule has 4 heterocycles. The van der Waals surface area contributed by atoms with Gasteiger partial charge < -0.3 is 0 Å². The lowest BCUT2D eigenvalue weighted by molar-refractivity contribution is 0.567. The zero-order chi connectivity index (χ0) is 19.3. The van der Waals surface area contributed by atoms with E-state index in [2.05, 4.69) is 20.2 Å². The second-order valence-corrected chi connectivity index (χ2v) is 6.54. The quantitative estimate of drug-likeness (QED) is 0.483. The zero-order valence-electron chi connectivity index (χ0n) is 14.8. The second kappa shape index (κ2) is 6.19. The monoisotopic (exact) mass is 376 g/mol. The molecule has 0 unspecified atom stereocenters. The van der Waals surface area contributed by atoms with Crippen LogP contribution in [-0.2, 0) is 13.5 Å². The molecule has 0 bridgehead atoms. The van der Waals surface area contributed by atoms with Crippen LogP contribution in [0.1, 0.15) is 11.3 Å². The van der Waals surface area contributed by atoms with E-state index in [-0.39, 0.29) is 22.9 Å². The van der Waals surface area contributed by atoms with Gasteiger partial charge in [0.05, 0.1) is 29.3 Å². The number of imidazole rings is 1. The number of hydrogen-bond donors (Lipinski definition) is 0. The van der Waals surface area contributed by atoms with E-state index in [1.54, 1.807) is 33.7 Å². The van der Waals surface area contributed by atoms with Crippen molar-refractivity contribution in [3.05, 3.63) is 78.0 Å². The van der Waals surface area contributed by atoms with E-state index in [4.69, 9.17) is 0 Å². The predicted octanol–water partition coefficient (Wildman–Crippen LogP) is 3.55. The Labute approximate surface area is 158 Å². The molecule has 0 amide bonds. The molecule has 0 atom stereocenters. The minimum absolute atomic E-state index is 0.0210. The third-order valence-corrected chi connectivity index (χ3v) is 4.68. The van der Waals surface area contributed by atoms with Crippen molar-refractivity contribution in [2.45, 2.75) is 6.42 Å². The van der Waals surface area contributed by atoms with Gasteiger partial charge >= 0.3 is 0 Å². The van der Waals surface area contributed by atoms with Crippen molar-refractivity contribution < 1.29 is 8.78 Å². The van der Waals surface area contributed by atoms with Gasteiger partial charge in [-0.05, 0) is 24.3 Å². The summed E-state index contributed by atoms with van der Waals surface area (Å²) in [6, 6.07) is 8.13. The molecule has 0 aliphatic heterocycles. The van der Waals surface area contributed by atoms with Gasteiger partial charge in [-0.25, -0.2) is 18.3 Å². The highest BCUT2D eigenvalue weighted by atomic mass is 19.1. The molecule has 0 aliphatic rings. The summed E-state index contributed by atoms with van der Waals surface area (Å²) in [6.45, 7) is 0. The first-order valence-corrected chi connectivity index (χ1v) is 8.64. The molecule has 28 heavy (non-hydrogen) atoms. The Kier molecular flexibility index (Phi) is 3.65. The van der Waals surface area contributed by atoms with Crippen LogP contribution >= 0.6 is 0 Å². The SMILES string of the molecule is Cn1cc(-c2ccc3ncc(Cc4c(F)cc5ncccc5c4F)n3n2)cn1. The van der Waals surface area contributed by atoms with Gasteiger partial charge in [0, 0.05) is 48.4 Å². The van der Waals surface area contributed by atoms with E-state index in [9.17, 15) is 8.78 Å². The molecule has 0 saturated carbocycles. The first kappa shape index (κ1) is 16.5. The molecule has 0 spiro atoms. The largest absolute Gasteiger partial charge is 0.275 e. The van der Waals surface area contributed by atoms with Crippen LogP contribution in [0.25, 0.3) is 27.8 Å². The molecule has 0 aliphatic carbocycles. The van der Waals surface area contributed by atoms with Crippen molar-refractivity contribution in [3.8, 4) is 11.3 Å². The summed E-state index contributed by atoms with van der Waals surface area (Å²) in [6.07, 6.45) is 6.67. The normalized spacial score (nSPS) is 11.5. The van der Waals surface area contributed by atoms with Crippen LogP contribution in [0.15, 0.2) is 55.1 Å². The summed E-state index contributed by atoms with van der Waals surface area (Å²) in [5.74, 6) is -1.25. The Hall–Kier alpha value is -3.68. The number of rotatable bonds is 3. The highest BCUT2D eigenvalue weighted by molar-refractivity contribution is 5.80. The maximum absolute atomic E-state index is 14.9. The molecule has 138 valence electrons. The lowest BCUT2D eigenvalue weighted by atomic mass is 10.0. The molecule has 0 saturated heterocycles. The molecule has 6 nitrogen and oxygen atoms in total. The Bertz CT molecular complexity index is 1340. The van der Waals surface area contributed by atoms with Gasteiger partial charge in [-0.1, -0.05) is 0 Å². The Morgan fingerprint density at radius 1 is 1.07 bits per heavy atom. The van der Waals surface area contributed by atoms with Gasteiger partial charge in [0.25, 0.3) is 0 Å². The summed E-state index contributed by atoms with van der Waals surface area (Å²) >= 11 is 0. The van der Waals surface area contributed by atoms with Gasteiger partial charge in [0.1, 0.15) is 11.6 Å². The molecule has 0 fully saturated rings. The minimum atomic E-state index is -0.637. The van der Waals surface area contributed by atoms with Crippen molar-refractivity contribution in [2.24, 2.45) is 7.05 Å². The van der Waals surface area contributed by atoms with Crippen molar-refractivity contribution in [1.82, 2.24) is 29.4 Å². The molecular formula is C20H14F2N6. The number of nitrogens with zero attached hydrogens (tertiary/aromatic N) is 6. The van der Waals surface area contributed by atoms with Crippen LogP contribution in [0.4, 0.5) is 8.78 Å². The third-order valence-electron chi connectivity index (χ3n) is 4.68.